The lowest BCUT2D eigenvalue weighted by molar-refractivity contribution is 0.638. The SMILES string of the molecule is CCNC(c1cccc(C)c1)c1cncs1. The van der Waals surface area contributed by atoms with Gasteiger partial charge in [0.25, 0.3) is 0 Å². The largest absolute Gasteiger partial charge is 0.306 e. The fourth-order valence-electron chi connectivity index (χ4n) is 1.80. The van der Waals surface area contributed by atoms with Gasteiger partial charge in [0.2, 0.25) is 0 Å². The fourth-order valence-corrected chi connectivity index (χ4v) is 2.53. The second kappa shape index (κ2) is 5.23. The van der Waals surface area contributed by atoms with Crippen molar-refractivity contribution in [3.8, 4) is 0 Å². The second-order valence-corrected chi connectivity index (χ2v) is 4.73. The van der Waals surface area contributed by atoms with E-state index in [9.17, 15) is 0 Å². The first kappa shape index (κ1) is 11.3. The standard InChI is InChI=1S/C13H16N2S/c1-3-15-13(12-8-14-9-16-12)11-6-4-5-10(2)7-11/h4-9,13,15H,3H2,1-2H3. The molecule has 0 aliphatic carbocycles. The fraction of sp³-hybridized carbons (Fsp3) is 0.308. The minimum Gasteiger partial charge on any atom is -0.306 e. The summed E-state index contributed by atoms with van der Waals surface area (Å²) in [5.74, 6) is 0. The number of nitrogens with one attached hydrogen (secondary N) is 1. The summed E-state index contributed by atoms with van der Waals surface area (Å²) >= 11 is 1.70. The average molecular weight is 232 g/mol. The van der Waals surface area contributed by atoms with Crippen LogP contribution in [-0.2, 0) is 0 Å². The van der Waals surface area contributed by atoms with Crippen molar-refractivity contribution in [3.63, 3.8) is 0 Å². The zero-order valence-corrected chi connectivity index (χ0v) is 10.4. The predicted molar refractivity (Wildman–Crippen MR) is 68.8 cm³/mol. The number of thiazole rings is 1. The molecule has 0 aliphatic rings. The van der Waals surface area contributed by atoms with Gasteiger partial charge >= 0.3 is 0 Å². The summed E-state index contributed by atoms with van der Waals surface area (Å²) in [4.78, 5) is 5.42. The van der Waals surface area contributed by atoms with Gasteiger partial charge in [-0.05, 0) is 19.0 Å². The Balaban J connectivity index is 2.33. The van der Waals surface area contributed by atoms with Crippen LogP contribution in [0.1, 0.15) is 29.0 Å². The quantitative estimate of drug-likeness (QED) is 0.876. The Morgan fingerprint density at radius 1 is 1.44 bits per heavy atom. The van der Waals surface area contributed by atoms with Crippen molar-refractivity contribution in [2.24, 2.45) is 0 Å². The normalized spacial score (nSPS) is 12.6. The van der Waals surface area contributed by atoms with E-state index in [0.717, 1.165) is 6.54 Å². The van der Waals surface area contributed by atoms with Gasteiger partial charge in [-0.15, -0.1) is 11.3 Å². The minimum absolute atomic E-state index is 0.275. The van der Waals surface area contributed by atoms with E-state index in [0.29, 0.717) is 0 Å². The summed E-state index contributed by atoms with van der Waals surface area (Å²) in [6.45, 7) is 5.21. The molecule has 0 bridgehead atoms. The molecule has 0 saturated heterocycles. The summed E-state index contributed by atoms with van der Waals surface area (Å²) in [5.41, 5.74) is 4.49. The Labute approximate surface area is 100 Å². The first-order valence-corrected chi connectivity index (χ1v) is 6.37. The molecular weight excluding hydrogens is 216 g/mol. The molecule has 1 unspecified atom stereocenters. The molecule has 3 heteroatoms. The van der Waals surface area contributed by atoms with Crippen molar-refractivity contribution >= 4 is 11.3 Å². The van der Waals surface area contributed by atoms with Gasteiger partial charge in [-0.3, -0.25) is 4.98 Å². The molecule has 0 radical (unpaired) electrons. The molecular formula is C13H16N2S. The van der Waals surface area contributed by atoms with Crippen molar-refractivity contribution in [2.75, 3.05) is 6.54 Å². The summed E-state index contributed by atoms with van der Waals surface area (Å²) in [5, 5.41) is 3.50. The van der Waals surface area contributed by atoms with E-state index in [4.69, 9.17) is 0 Å². The van der Waals surface area contributed by atoms with Crippen LogP contribution in [0, 0.1) is 6.92 Å². The molecule has 2 aromatic rings. The van der Waals surface area contributed by atoms with Crippen molar-refractivity contribution in [2.45, 2.75) is 19.9 Å². The summed E-state index contributed by atoms with van der Waals surface area (Å²) in [6.07, 6.45) is 1.94. The van der Waals surface area contributed by atoms with E-state index in [1.807, 2.05) is 11.7 Å². The number of benzene rings is 1. The third-order valence-electron chi connectivity index (χ3n) is 2.52. The van der Waals surface area contributed by atoms with Gasteiger partial charge in [-0.1, -0.05) is 36.8 Å². The molecule has 1 heterocycles. The van der Waals surface area contributed by atoms with Crippen molar-refractivity contribution in [1.82, 2.24) is 10.3 Å². The van der Waals surface area contributed by atoms with Crippen LogP contribution in [0.4, 0.5) is 0 Å². The lowest BCUT2D eigenvalue weighted by Gasteiger charge is -2.16. The van der Waals surface area contributed by atoms with E-state index in [2.05, 4.69) is 48.4 Å². The number of hydrogen-bond acceptors (Lipinski definition) is 3. The zero-order chi connectivity index (χ0) is 11.4. The van der Waals surface area contributed by atoms with Crippen LogP contribution in [0.25, 0.3) is 0 Å². The number of aryl methyl sites for hydroxylation is 1. The number of rotatable bonds is 4. The highest BCUT2D eigenvalue weighted by molar-refractivity contribution is 7.09. The van der Waals surface area contributed by atoms with Crippen molar-refractivity contribution in [1.29, 1.82) is 0 Å². The molecule has 1 aromatic heterocycles. The average Bonchev–Trinajstić information content (AvgIpc) is 2.79. The monoisotopic (exact) mass is 232 g/mol. The van der Waals surface area contributed by atoms with Crippen molar-refractivity contribution in [3.05, 3.63) is 52.0 Å². The summed E-state index contributed by atoms with van der Waals surface area (Å²) in [7, 11) is 0. The molecule has 0 fully saturated rings. The molecule has 1 atom stereocenters. The van der Waals surface area contributed by atoms with Gasteiger partial charge in [-0.25, -0.2) is 0 Å². The van der Waals surface area contributed by atoms with Crippen LogP contribution in [0.5, 0.6) is 0 Å². The first-order chi connectivity index (χ1) is 7.81. The van der Waals surface area contributed by atoms with Crippen molar-refractivity contribution < 1.29 is 0 Å². The highest BCUT2D eigenvalue weighted by Crippen LogP contribution is 2.25. The Hall–Kier alpha value is -1.19. The van der Waals surface area contributed by atoms with Gasteiger partial charge in [0.1, 0.15) is 0 Å². The minimum atomic E-state index is 0.275. The van der Waals surface area contributed by atoms with Crippen LogP contribution in [0.2, 0.25) is 0 Å². The summed E-state index contributed by atoms with van der Waals surface area (Å²) < 4.78 is 0. The van der Waals surface area contributed by atoms with Crippen LogP contribution in [-0.4, -0.2) is 11.5 Å². The predicted octanol–water partition coefficient (Wildman–Crippen LogP) is 3.15. The maximum absolute atomic E-state index is 4.15. The van der Waals surface area contributed by atoms with Gasteiger partial charge in [0.05, 0.1) is 11.6 Å². The number of hydrogen-bond donors (Lipinski definition) is 1. The molecule has 0 spiro atoms. The van der Waals surface area contributed by atoms with Crippen LogP contribution < -0.4 is 5.32 Å². The van der Waals surface area contributed by atoms with Crippen LogP contribution >= 0.6 is 11.3 Å². The van der Waals surface area contributed by atoms with Gasteiger partial charge < -0.3 is 5.32 Å². The third kappa shape index (κ3) is 2.49. The van der Waals surface area contributed by atoms with E-state index in [1.54, 1.807) is 11.3 Å². The molecule has 2 nitrogen and oxygen atoms in total. The Morgan fingerprint density at radius 2 is 2.31 bits per heavy atom. The second-order valence-electron chi connectivity index (χ2n) is 3.81. The van der Waals surface area contributed by atoms with Gasteiger partial charge in [-0.2, -0.15) is 0 Å². The maximum atomic E-state index is 4.15. The molecule has 84 valence electrons. The molecule has 1 N–H and O–H groups in total. The molecule has 0 aliphatic heterocycles. The smallest absolute Gasteiger partial charge is 0.0794 e. The molecule has 0 amide bonds. The van der Waals surface area contributed by atoms with Gasteiger partial charge in [0.15, 0.2) is 0 Å². The maximum Gasteiger partial charge on any atom is 0.0794 e. The molecule has 1 aromatic carbocycles. The topological polar surface area (TPSA) is 24.9 Å². The van der Waals surface area contributed by atoms with E-state index in [-0.39, 0.29) is 6.04 Å². The highest BCUT2D eigenvalue weighted by Gasteiger charge is 2.13. The molecule has 2 rings (SSSR count). The number of aromatic nitrogens is 1. The number of nitrogens with zero attached hydrogens (tertiary/aromatic N) is 1. The Kier molecular flexibility index (Phi) is 3.70. The van der Waals surface area contributed by atoms with E-state index >= 15 is 0 Å². The first-order valence-electron chi connectivity index (χ1n) is 5.49. The Bertz CT molecular complexity index is 437. The molecule has 16 heavy (non-hydrogen) atoms. The van der Waals surface area contributed by atoms with Gasteiger partial charge in [0, 0.05) is 11.1 Å². The van der Waals surface area contributed by atoms with E-state index < -0.39 is 0 Å². The lowest BCUT2D eigenvalue weighted by atomic mass is 10.0. The third-order valence-corrected chi connectivity index (χ3v) is 3.36. The Morgan fingerprint density at radius 3 is 2.94 bits per heavy atom. The summed E-state index contributed by atoms with van der Waals surface area (Å²) in [6, 6.07) is 8.90. The zero-order valence-electron chi connectivity index (χ0n) is 9.60. The molecule has 0 saturated carbocycles. The van der Waals surface area contributed by atoms with Crippen LogP contribution in [0.15, 0.2) is 36.0 Å². The highest BCUT2D eigenvalue weighted by atomic mass is 32.1. The van der Waals surface area contributed by atoms with E-state index in [1.165, 1.54) is 16.0 Å². The lowest BCUT2D eigenvalue weighted by Crippen LogP contribution is -2.21. The van der Waals surface area contributed by atoms with Crippen LogP contribution in [0.3, 0.4) is 0 Å².